The molecule has 4 aliphatic rings. The molecule has 2 saturated heterocycles. The normalized spacial score (nSPS) is 36.8. The number of fused-ring (bicyclic) bond motifs is 5. The van der Waals surface area contributed by atoms with Crippen molar-refractivity contribution in [2.75, 3.05) is 6.79 Å². The van der Waals surface area contributed by atoms with Gasteiger partial charge in [-0.25, -0.2) is 0 Å². The van der Waals surface area contributed by atoms with E-state index in [1.807, 2.05) is 19.9 Å². The predicted molar refractivity (Wildman–Crippen MR) is 78.2 cm³/mol. The van der Waals surface area contributed by atoms with E-state index in [2.05, 4.69) is 6.07 Å². The van der Waals surface area contributed by atoms with Crippen molar-refractivity contribution in [3.8, 4) is 11.5 Å². The SMILES string of the molecule is CC1(C)O[C@H]2O[C@@H]3CCc4cc5c(cc4CO[C@H]3[C@H]2O1)OCO5. The van der Waals surface area contributed by atoms with Crippen molar-refractivity contribution in [3.05, 3.63) is 23.3 Å². The van der Waals surface area contributed by atoms with Crippen molar-refractivity contribution in [1.82, 2.24) is 0 Å². The highest BCUT2D eigenvalue weighted by atomic mass is 16.8. The molecule has 0 aromatic heterocycles. The van der Waals surface area contributed by atoms with Crippen LogP contribution in [0.25, 0.3) is 0 Å². The van der Waals surface area contributed by atoms with Crippen LogP contribution < -0.4 is 9.47 Å². The van der Waals surface area contributed by atoms with Crippen LogP contribution in [-0.4, -0.2) is 37.2 Å². The van der Waals surface area contributed by atoms with Crippen molar-refractivity contribution >= 4 is 0 Å². The van der Waals surface area contributed by atoms with Crippen molar-refractivity contribution in [3.63, 3.8) is 0 Å². The molecule has 0 unspecified atom stereocenters. The van der Waals surface area contributed by atoms with Crippen LogP contribution in [0.1, 0.15) is 31.4 Å². The lowest BCUT2D eigenvalue weighted by molar-refractivity contribution is -0.220. The molecule has 6 nitrogen and oxygen atoms in total. The monoisotopic (exact) mass is 320 g/mol. The van der Waals surface area contributed by atoms with E-state index in [0.29, 0.717) is 6.61 Å². The summed E-state index contributed by atoms with van der Waals surface area (Å²) in [6.45, 7) is 4.62. The largest absolute Gasteiger partial charge is 0.454 e. The minimum Gasteiger partial charge on any atom is -0.454 e. The first-order valence-electron chi connectivity index (χ1n) is 8.13. The van der Waals surface area contributed by atoms with Gasteiger partial charge in [0.25, 0.3) is 0 Å². The Morgan fingerprint density at radius 1 is 1.00 bits per heavy atom. The highest BCUT2D eigenvalue weighted by Crippen LogP contribution is 2.42. The zero-order valence-electron chi connectivity index (χ0n) is 13.2. The first-order chi connectivity index (χ1) is 11.1. The molecule has 2 fully saturated rings. The third kappa shape index (κ3) is 2.24. The molecule has 0 amide bonds. The van der Waals surface area contributed by atoms with E-state index in [4.69, 9.17) is 28.4 Å². The summed E-state index contributed by atoms with van der Waals surface area (Å²) >= 11 is 0. The molecule has 1 aromatic carbocycles. The van der Waals surface area contributed by atoms with Crippen LogP contribution in [0.3, 0.4) is 0 Å². The molecule has 0 spiro atoms. The van der Waals surface area contributed by atoms with Gasteiger partial charge in [-0.2, -0.15) is 0 Å². The van der Waals surface area contributed by atoms with Crippen molar-refractivity contribution in [2.24, 2.45) is 0 Å². The third-order valence-electron chi connectivity index (χ3n) is 4.91. The molecule has 124 valence electrons. The average Bonchev–Trinajstić information content (AvgIpc) is 3.12. The predicted octanol–water partition coefficient (Wildman–Crippen LogP) is 2.12. The molecule has 23 heavy (non-hydrogen) atoms. The maximum absolute atomic E-state index is 6.17. The lowest BCUT2D eigenvalue weighted by atomic mass is 9.96. The van der Waals surface area contributed by atoms with Gasteiger partial charge in [0, 0.05) is 0 Å². The number of rotatable bonds is 0. The molecule has 5 rings (SSSR count). The maximum Gasteiger partial charge on any atom is 0.231 e. The van der Waals surface area contributed by atoms with Crippen molar-refractivity contribution in [2.45, 2.75) is 63.7 Å². The summed E-state index contributed by atoms with van der Waals surface area (Å²) in [7, 11) is 0. The van der Waals surface area contributed by atoms with Crippen LogP contribution in [0.15, 0.2) is 12.1 Å². The highest BCUT2D eigenvalue weighted by Gasteiger charge is 2.55. The number of aryl methyl sites for hydroxylation is 1. The number of benzene rings is 1. The summed E-state index contributed by atoms with van der Waals surface area (Å²) in [5, 5.41) is 0. The highest BCUT2D eigenvalue weighted by molar-refractivity contribution is 5.48. The van der Waals surface area contributed by atoms with E-state index in [0.717, 1.165) is 29.9 Å². The van der Waals surface area contributed by atoms with Gasteiger partial charge in [0.15, 0.2) is 23.6 Å². The lowest BCUT2D eigenvalue weighted by Gasteiger charge is -2.28. The Morgan fingerprint density at radius 2 is 1.78 bits per heavy atom. The minimum absolute atomic E-state index is 0.000303. The standard InChI is InChI=1S/C17H20O6/c1-17(2)22-15-14-11(21-16(15)23-17)4-3-9-5-12-13(20-8-19-12)6-10(9)7-18-14/h5-6,11,14-16H,3-4,7-8H2,1-2H3/t11-,14-,15-,16-/m1/s1. The van der Waals surface area contributed by atoms with Crippen LogP contribution >= 0.6 is 0 Å². The summed E-state index contributed by atoms with van der Waals surface area (Å²) < 4.78 is 35.0. The Kier molecular flexibility index (Phi) is 2.95. The summed E-state index contributed by atoms with van der Waals surface area (Å²) in [4.78, 5) is 0. The van der Waals surface area contributed by atoms with Crippen molar-refractivity contribution in [1.29, 1.82) is 0 Å². The van der Waals surface area contributed by atoms with Crippen LogP contribution in [0.4, 0.5) is 0 Å². The summed E-state index contributed by atoms with van der Waals surface area (Å²) in [6, 6.07) is 4.09. The zero-order chi connectivity index (χ0) is 15.6. The van der Waals surface area contributed by atoms with E-state index in [-0.39, 0.29) is 31.4 Å². The minimum atomic E-state index is -0.615. The van der Waals surface area contributed by atoms with Crippen LogP contribution in [0, 0.1) is 0 Å². The molecule has 0 aliphatic carbocycles. The van der Waals surface area contributed by atoms with Crippen LogP contribution in [-0.2, 0) is 32.0 Å². The first kappa shape index (κ1) is 14.0. The van der Waals surface area contributed by atoms with Gasteiger partial charge in [-0.1, -0.05) is 0 Å². The Labute approximate surface area is 134 Å². The zero-order valence-corrected chi connectivity index (χ0v) is 13.2. The van der Waals surface area contributed by atoms with Gasteiger partial charge in [-0.3, -0.25) is 0 Å². The number of hydrogen-bond acceptors (Lipinski definition) is 6. The average molecular weight is 320 g/mol. The van der Waals surface area contributed by atoms with Crippen LogP contribution in [0.2, 0.25) is 0 Å². The van der Waals surface area contributed by atoms with Gasteiger partial charge in [-0.15, -0.1) is 0 Å². The molecule has 0 saturated carbocycles. The molecule has 4 atom stereocenters. The second-order valence-electron chi connectivity index (χ2n) is 6.93. The molecule has 4 heterocycles. The van der Waals surface area contributed by atoms with Crippen molar-refractivity contribution < 1.29 is 28.4 Å². The van der Waals surface area contributed by atoms with E-state index in [9.17, 15) is 0 Å². The lowest BCUT2D eigenvalue weighted by Crippen LogP contribution is -2.37. The van der Waals surface area contributed by atoms with Gasteiger partial charge in [0.05, 0.1) is 12.7 Å². The fourth-order valence-electron chi connectivity index (χ4n) is 3.86. The van der Waals surface area contributed by atoms with Gasteiger partial charge in [-0.05, 0) is 49.9 Å². The number of hydrogen-bond donors (Lipinski definition) is 0. The van der Waals surface area contributed by atoms with E-state index in [1.54, 1.807) is 0 Å². The summed E-state index contributed by atoms with van der Waals surface area (Å²) in [5.41, 5.74) is 2.38. The number of ether oxygens (including phenoxy) is 6. The molecule has 0 radical (unpaired) electrons. The molecular weight excluding hydrogens is 300 g/mol. The molecular formula is C17H20O6. The van der Waals surface area contributed by atoms with Gasteiger partial charge >= 0.3 is 0 Å². The van der Waals surface area contributed by atoms with Gasteiger partial charge in [0.1, 0.15) is 12.2 Å². The second-order valence-corrected chi connectivity index (χ2v) is 6.93. The summed E-state index contributed by atoms with van der Waals surface area (Å²) in [6.07, 6.45) is 1.19. The van der Waals surface area contributed by atoms with E-state index >= 15 is 0 Å². The third-order valence-corrected chi connectivity index (χ3v) is 4.91. The molecule has 1 aromatic rings. The first-order valence-corrected chi connectivity index (χ1v) is 8.13. The fourth-order valence-corrected chi connectivity index (χ4v) is 3.86. The molecule has 0 bridgehead atoms. The Hall–Kier alpha value is -1.34. The Morgan fingerprint density at radius 3 is 2.61 bits per heavy atom. The van der Waals surface area contributed by atoms with Gasteiger partial charge < -0.3 is 28.4 Å². The fraction of sp³-hybridized carbons (Fsp3) is 0.647. The Balaban J connectivity index is 1.41. The topological polar surface area (TPSA) is 55.4 Å². The van der Waals surface area contributed by atoms with Crippen LogP contribution in [0.5, 0.6) is 11.5 Å². The summed E-state index contributed by atoms with van der Waals surface area (Å²) in [5.74, 6) is 1.00. The second kappa shape index (κ2) is 4.83. The smallest absolute Gasteiger partial charge is 0.231 e. The molecule has 0 N–H and O–H groups in total. The van der Waals surface area contributed by atoms with E-state index < -0.39 is 5.79 Å². The molecule has 4 aliphatic heterocycles. The Bertz CT molecular complexity index is 642. The maximum atomic E-state index is 6.17. The molecule has 6 heteroatoms. The van der Waals surface area contributed by atoms with E-state index in [1.165, 1.54) is 5.56 Å². The van der Waals surface area contributed by atoms with Gasteiger partial charge in [0.2, 0.25) is 6.79 Å². The quantitative estimate of drug-likeness (QED) is 0.730.